The lowest BCUT2D eigenvalue weighted by Crippen LogP contribution is -2.46. The van der Waals surface area contributed by atoms with Gasteiger partial charge in [0.25, 0.3) is 23.6 Å². The van der Waals surface area contributed by atoms with Gasteiger partial charge in [-0.15, -0.1) is 0 Å². The summed E-state index contributed by atoms with van der Waals surface area (Å²) in [5.41, 5.74) is -0.516. The number of aromatic amines is 2. The van der Waals surface area contributed by atoms with Crippen LogP contribution in [0.2, 0.25) is 0 Å². The first-order chi connectivity index (χ1) is 21.8. The molecule has 2 atom stereocenters. The predicted molar refractivity (Wildman–Crippen MR) is 166 cm³/mol. The normalized spacial score (nSPS) is 12.3. The van der Waals surface area contributed by atoms with Crippen molar-refractivity contribution < 1.29 is 38.2 Å². The molecule has 0 saturated heterocycles. The maximum absolute atomic E-state index is 13.5. The highest BCUT2D eigenvalue weighted by Gasteiger charge is 2.32. The van der Waals surface area contributed by atoms with Crippen LogP contribution in [-0.2, 0) is 19.1 Å². The van der Waals surface area contributed by atoms with E-state index in [1.54, 1.807) is 55.4 Å². The van der Waals surface area contributed by atoms with Gasteiger partial charge in [0, 0.05) is 26.2 Å². The van der Waals surface area contributed by atoms with Crippen LogP contribution in [0.25, 0.3) is 0 Å². The maximum atomic E-state index is 13.5. The van der Waals surface area contributed by atoms with Gasteiger partial charge >= 0.3 is 11.9 Å². The van der Waals surface area contributed by atoms with Crippen LogP contribution in [0.5, 0.6) is 0 Å². The van der Waals surface area contributed by atoms with E-state index in [0.29, 0.717) is 0 Å². The van der Waals surface area contributed by atoms with Crippen molar-refractivity contribution in [2.45, 2.75) is 67.5 Å². The number of nitrogens with zero attached hydrogens (tertiary/aromatic N) is 4. The summed E-state index contributed by atoms with van der Waals surface area (Å²) in [7, 11) is 0. The van der Waals surface area contributed by atoms with Gasteiger partial charge in [0.15, 0.2) is 11.4 Å². The van der Waals surface area contributed by atoms with Crippen molar-refractivity contribution in [2.75, 3.05) is 39.4 Å². The molecule has 0 spiro atoms. The second-order valence-electron chi connectivity index (χ2n) is 10.9. The predicted octanol–water partition coefficient (Wildman–Crippen LogP) is 1.39. The van der Waals surface area contributed by atoms with Crippen molar-refractivity contribution in [3.8, 4) is 0 Å². The van der Waals surface area contributed by atoms with E-state index in [0.717, 1.165) is 0 Å². The summed E-state index contributed by atoms with van der Waals surface area (Å²) in [6, 6.07) is -1.87. The lowest BCUT2D eigenvalue weighted by Gasteiger charge is -2.26. The molecule has 16 nitrogen and oxygen atoms in total. The molecular weight excluding hydrogens is 600 g/mol. The molecule has 0 aliphatic rings. The van der Waals surface area contributed by atoms with Gasteiger partial charge in [-0.2, -0.15) is 0 Å². The number of likely N-dealkylation sites (N-methyl/N-ethyl adjacent to an activating group) is 2. The van der Waals surface area contributed by atoms with Gasteiger partial charge in [-0.1, -0.05) is 27.7 Å². The van der Waals surface area contributed by atoms with Crippen LogP contribution in [0.4, 0.5) is 0 Å². The first kappa shape index (κ1) is 37.4. The fourth-order valence-electron chi connectivity index (χ4n) is 4.50. The molecule has 4 N–H and O–H groups in total. The van der Waals surface area contributed by atoms with E-state index < -0.39 is 47.7 Å². The van der Waals surface area contributed by atoms with Crippen molar-refractivity contribution >= 4 is 35.6 Å². The van der Waals surface area contributed by atoms with Gasteiger partial charge in [0.1, 0.15) is 23.5 Å². The number of rotatable bonds is 17. The lowest BCUT2D eigenvalue weighted by atomic mass is 10.0. The van der Waals surface area contributed by atoms with E-state index in [-0.39, 0.29) is 74.0 Å². The van der Waals surface area contributed by atoms with Crippen LogP contribution in [-0.4, -0.2) is 117 Å². The van der Waals surface area contributed by atoms with Gasteiger partial charge in [-0.05, 0) is 39.5 Å². The Hall–Kier alpha value is -4.76. The average molecular weight is 647 g/mol. The number of amides is 4. The molecule has 0 radical (unpaired) electrons. The molecule has 16 heteroatoms. The summed E-state index contributed by atoms with van der Waals surface area (Å²) in [5, 5.41) is 5.21. The van der Waals surface area contributed by atoms with Crippen molar-refractivity contribution in [1.29, 1.82) is 0 Å². The molecular formula is C30H46N8O8. The van der Waals surface area contributed by atoms with Crippen molar-refractivity contribution in [1.82, 2.24) is 40.4 Å². The second kappa shape index (κ2) is 17.7. The third kappa shape index (κ3) is 9.37. The Morgan fingerprint density at radius 3 is 1.30 bits per heavy atom. The molecule has 0 bridgehead atoms. The van der Waals surface area contributed by atoms with E-state index in [2.05, 4.69) is 30.6 Å². The molecule has 2 aromatic rings. The SMILES string of the molecule is CCOC(=O)C(NC(=O)c1nc[nH]c1C(=O)N(CC)CCN(CC)C(=O)c1[nH]cnc1C(=O)NC(C(=O)OCC)C(C)C)C(C)C. The van der Waals surface area contributed by atoms with Crippen LogP contribution < -0.4 is 10.6 Å². The van der Waals surface area contributed by atoms with Crippen LogP contribution in [0.15, 0.2) is 12.7 Å². The Bertz CT molecular complexity index is 1270. The average Bonchev–Trinajstić information content (AvgIpc) is 3.71. The zero-order valence-electron chi connectivity index (χ0n) is 27.8. The van der Waals surface area contributed by atoms with Crippen molar-refractivity contribution in [2.24, 2.45) is 11.8 Å². The molecule has 254 valence electrons. The minimum absolute atomic E-state index is 0.0751. The second-order valence-corrected chi connectivity index (χ2v) is 10.9. The van der Waals surface area contributed by atoms with E-state index in [4.69, 9.17) is 9.47 Å². The van der Waals surface area contributed by atoms with Gasteiger partial charge in [-0.25, -0.2) is 19.6 Å². The van der Waals surface area contributed by atoms with Crippen LogP contribution in [0, 0.1) is 11.8 Å². The van der Waals surface area contributed by atoms with Crippen molar-refractivity contribution in [3.63, 3.8) is 0 Å². The number of H-pyrrole nitrogens is 2. The topological polar surface area (TPSA) is 209 Å². The Kier molecular flexibility index (Phi) is 14.4. The number of nitrogens with one attached hydrogen (secondary N) is 4. The highest BCUT2D eigenvalue weighted by Crippen LogP contribution is 2.13. The Balaban J connectivity index is 2.17. The summed E-state index contributed by atoms with van der Waals surface area (Å²) in [4.78, 5) is 94.1. The molecule has 0 aliphatic heterocycles. The number of hydrogen-bond acceptors (Lipinski definition) is 10. The largest absolute Gasteiger partial charge is 0.464 e. The van der Waals surface area contributed by atoms with Gasteiger partial charge in [-0.3, -0.25) is 19.2 Å². The van der Waals surface area contributed by atoms with E-state index in [1.807, 2.05) is 0 Å². The summed E-state index contributed by atoms with van der Waals surface area (Å²) >= 11 is 0. The zero-order valence-corrected chi connectivity index (χ0v) is 27.8. The molecule has 0 saturated carbocycles. The lowest BCUT2D eigenvalue weighted by molar-refractivity contribution is -0.147. The summed E-state index contributed by atoms with van der Waals surface area (Å²) < 4.78 is 10.1. The molecule has 0 aromatic carbocycles. The third-order valence-electron chi connectivity index (χ3n) is 7.10. The van der Waals surface area contributed by atoms with E-state index in [1.165, 1.54) is 22.5 Å². The monoisotopic (exact) mass is 646 g/mol. The molecule has 0 fully saturated rings. The number of carbonyl (C=O) groups excluding carboxylic acids is 6. The number of carbonyl (C=O) groups is 6. The molecule has 2 unspecified atom stereocenters. The Morgan fingerprint density at radius 2 is 1.02 bits per heavy atom. The van der Waals surface area contributed by atoms with Gasteiger partial charge in [0.05, 0.1) is 25.9 Å². The first-order valence-electron chi connectivity index (χ1n) is 15.4. The van der Waals surface area contributed by atoms with Crippen LogP contribution >= 0.6 is 0 Å². The first-order valence-corrected chi connectivity index (χ1v) is 15.4. The molecule has 2 aromatic heterocycles. The van der Waals surface area contributed by atoms with Crippen molar-refractivity contribution in [3.05, 3.63) is 35.4 Å². The molecule has 0 aliphatic carbocycles. The highest BCUT2D eigenvalue weighted by molar-refractivity contribution is 6.06. The molecule has 2 rings (SSSR count). The summed E-state index contributed by atoms with van der Waals surface area (Å²) in [6.45, 7) is 14.8. The number of ether oxygens (including phenoxy) is 2. The standard InChI is InChI=1S/C30H46N8O8/c1-9-37(27(41)23-21(31-15-33-23)25(39)35-19(17(5)6)29(43)45-11-3)13-14-38(10-2)28(42)24-22(32-16-34-24)26(40)36-20(18(7)8)30(44)46-12-4/h15-20H,9-14H2,1-8H3,(H,31,33)(H,32,34)(H,35,39)(H,36,40). The Labute approximate surface area is 268 Å². The smallest absolute Gasteiger partial charge is 0.328 e. The number of esters is 2. The highest BCUT2D eigenvalue weighted by atomic mass is 16.5. The van der Waals surface area contributed by atoms with Crippen LogP contribution in [0.3, 0.4) is 0 Å². The quantitative estimate of drug-likeness (QED) is 0.182. The number of hydrogen-bond donors (Lipinski definition) is 4. The third-order valence-corrected chi connectivity index (χ3v) is 7.10. The number of imidazole rings is 2. The van der Waals surface area contributed by atoms with E-state index in [9.17, 15) is 28.8 Å². The summed E-state index contributed by atoms with van der Waals surface area (Å²) in [6.07, 6.45) is 2.42. The molecule has 4 amide bonds. The van der Waals surface area contributed by atoms with E-state index >= 15 is 0 Å². The molecule has 46 heavy (non-hydrogen) atoms. The maximum Gasteiger partial charge on any atom is 0.328 e. The fourth-order valence-corrected chi connectivity index (χ4v) is 4.50. The fraction of sp³-hybridized carbons (Fsp3) is 0.600. The minimum atomic E-state index is -0.936. The van der Waals surface area contributed by atoms with Gasteiger partial charge in [0.2, 0.25) is 0 Å². The van der Waals surface area contributed by atoms with Crippen LogP contribution in [0.1, 0.15) is 97.3 Å². The minimum Gasteiger partial charge on any atom is -0.464 e. The van der Waals surface area contributed by atoms with Gasteiger partial charge < -0.3 is 39.9 Å². The number of aromatic nitrogens is 4. The zero-order chi connectivity index (χ0) is 34.6. The molecule has 2 heterocycles. The Morgan fingerprint density at radius 1 is 0.674 bits per heavy atom. The summed E-state index contributed by atoms with van der Waals surface area (Å²) in [5.74, 6) is -4.24.